The maximum atomic E-state index is 12.6. The topological polar surface area (TPSA) is 98.4 Å². The number of H-pyrrole nitrogens is 1. The zero-order valence-corrected chi connectivity index (χ0v) is 17.2. The van der Waals surface area contributed by atoms with Crippen LogP contribution in [0.4, 0.5) is 0 Å². The van der Waals surface area contributed by atoms with Gasteiger partial charge in [-0.1, -0.05) is 0 Å². The average molecular weight is 402 g/mol. The summed E-state index contributed by atoms with van der Waals surface area (Å²) in [5, 5.41) is 3.15. The van der Waals surface area contributed by atoms with Gasteiger partial charge < -0.3 is 15.2 Å². The van der Waals surface area contributed by atoms with Crippen molar-refractivity contribution in [3.63, 3.8) is 0 Å². The number of piperidine rings is 2. The standard InChI is InChI=1S/C21H31N5O3/c1-14-22-12-16(21(29)23-14)11-19(27)25-9-6-18(7-10-25)26-8-2-3-15(13-26)20(28)24-17-4-5-17/h12,15,17-18H,2-11,13H2,1H3,(H,24,28)(H,22,23,29). The van der Waals surface area contributed by atoms with E-state index in [2.05, 4.69) is 20.2 Å². The molecular formula is C21H31N5O3. The number of nitrogens with zero attached hydrogens (tertiary/aromatic N) is 3. The summed E-state index contributed by atoms with van der Waals surface area (Å²) < 4.78 is 0. The van der Waals surface area contributed by atoms with Crippen LogP contribution in [0, 0.1) is 12.8 Å². The lowest BCUT2D eigenvalue weighted by Crippen LogP contribution is -2.52. The van der Waals surface area contributed by atoms with Crippen LogP contribution < -0.4 is 10.9 Å². The number of likely N-dealkylation sites (tertiary alicyclic amines) is 2. The Balaban J connectivity index is 1.26. The highest BCUT2D eigenvalue weighted by Crippen LogP contribution is 2.26. The van der Waals surface area contributed by atoms with Crippen molar-refractivity contribution in [1.29, 1.82) is 0 Å². The molecule has 0 aromatic carbocycles. The second kappa shape index (κ2) is 8.65. The van der Waals surface area contributed by atoms with Gasteiger partial charge in [-0.3, -0.25) is 19.3 Å². The normalized spacial score (nSPS) is 23.8. The van der Waals surface area contributed by atoms with Gasteiger partial charge in [0.2, 0.25) is 11.8 Å². The summed E-state index contributed by atoms with van der Waals surface area (Å²) in [7, 11) is 0. The Morgan fingerprint density at radius 3 is 2.62 bits per heavy atom. The quantitative estimate of drug-likeness (QED) is 0.753. The minimum atomic E-state index is -0.232. The highest BCUT2D eigenvalue weighted by Gasteiger charge is 2.34. The molecule has 2 amide bonds. The first kappa shape index (κ1) is 20.1. The monoisotopic (exact) mass is 401 g/mol. The Morgan fingerprint density at radius 1 is 1.17 bits per heavy atom. The van der Waals surface area contributed by atoms with Crippen molar-refractivity contribution in [3.8, 4) is 0 Å². The first-order valence-corrected chi connectivity index (χ1v) is 10.9. The predicted molar refractivity (Wildman–Crippen MR) is 108 cm³/mol. The molecule has 0 radical (unpaired) electrons. The molecule has 1 aromatic heterocycles. The SMILES string of the molecule is Cc1ncc(CC(=O)N2CCC(N3CCCC(C(=O)NC4CC4)C3)CC2)c(=O)[nH]1. The molecule has 1 aromatic rings. The third-order valence-electron chi connectivity index (χ3n) is 6.42. The molecule has 2 N–H and O–H groups in total. The number of carbonyl (C=O) groups excluding carboxylic acids is 2. The number of hydrogen-bond acceptors (Lipinski definition) is 5. The van der Waals surface area contributed by atoms with Gasteiger partial charge in [-0.05, 0) is 52.0 Å². The number of nitrogens with one attached hydrogen (secondary N) is 2. The predicted octanol–water partition coefficient (Wildman–Crippen LogP) is 0.602. The van der Waals surface area contributed by atoms with Gasteiger partial charge in [0.05, 0.1) is 12.3 Å². The van der Waals surface area contributed by atoms with Crippen molar-refractivity contribution in [2.45, 2.75) is 64.0 Å². The first-order chi connectivity index (χ1) is 14.0. The number of carbonyl (C=O) groups is 2. The van der Waals surface area contributed by atoms with E-state index >= 15 is 0 Å². The maximum absolute atomic E-state index is 12.6. The lowest BCUT2D eigenvalue weighted by molar-refractivity contribution is -0.132. The van der Waals surface area contributed by atoms with E-state index < -0.39 is 0 Å². The summed E-state index contributed by atoms with van der Waals surface area (Å²) in [6.45, 7) is 5.00. The van der Waals surface area contributed by atoms with E-state index in [1.807, 2.05) is 4.90 Å². The van der Waals surface area contributed by atoms with E-state index in [-0.39, 0.29) is 29.7 Å². The number of amides is 2. The van der Waals surface area contributed by atoms with Crippen LogP contribution in [0.15, 0.2) is 11.0 Å². The van der Waals surface area contributed by atoms with Crippen LogP contribution in [-0.4, -0.2) is 69.8 Å². The molecule has 0 bridgehead atoms. The Kier molecular flexibility index (Phi) is 5.99. The smallest absolute Gasteiger partial charge is 0.254 e. The third kappa shape index (κ3) is 5.04. The van der Waals surface area contributed by atoms with E-state index in [1.54, 1.807) is 6.92 Å². The van der Waals surface area contributed by atoms with Gasteiger partial charge in [-0.2, -0.15) is 0 Å². The van der Waals surface area contributed by atoms with Crippen molar-refractivity contribution in [2.24, 2.45) is 5.92 Å². The van der Waals surface area contributed by atoms with Crippen LogP contribution >= 0.6 is 0 Å². The summed E-state index contributed by atoms with van der Waals surface area (Å²) >= 11 is 0. The third-order valence-corrected chi connectivity index (χ3v) is 6.42. The molecule has 3 aliphatic rings. The van der Waals surface area contributed by atoms with Crippen LogP contribution in [0.1, 0.15) is 49.9 Å². The van der Waals surface area contributed by atoms with Gasteiger partial charge in [0.25, 0.3) is 5.56 Å². The summed E-state index contributed by atoms with van der Waals surface area (Å²) in [6, 6.07) is 0.850. The highest BCUT2D eigenvalue weighted by atomic mass is 16.2. The molecule has 1 saturated carbocycles. The molecule has 8 nitrogen and oxygen atoms in total. The fraction of sp³-hybridized carbons (Fsp3) is 0.714. The number of aryl methyl sites for hydroxylation is 1. The van der Waals surface area contributed by atoms with E-state index in [1.165, 1.54) is 6.20 Å². The van der Waals surface area contributed by atoms with Crippen molar-refractivity contribution >= 4 is 11.8 Å². The van der Waals surface area contributed by atoms with Crippen molar-refractivity contribution in [3.05, 3.63) is 27.9 Å². The van der Waals surface area contributed by atoms with Crippen LogP contribution in [0.5, 0.6) is 0 Å². The van der Waals surface area contributed by atoms with Crippen molar-refractivity contribution in [1.82, 2.24) is 25.1 Å². The Hall–Kier alpha value is -2.22. The number of hydrogen-bond donors (Lipinski definition) is 2. The van der Waals surface area contributed by atoms with Crippen molar-refractivity contribution in [2.75, 3.05) is 26.2 Å². The zero-order valence-electron chi connectivity index (χ0n) is 17.2. The molecule has 3 fully saturated rings. The van der Waals surface area contributed by atoms with Gasteiger partial charge in [-0.15, -0.1) is 0 Å². The molecule has 1 aliphatic carbocycles. The Labute approximate surface area is 171 Å². The molecule has 1 atom stereocenters. The fourth-order valence-electron chi connectivity index (χ4n) is 4.49. The number of aromatic amines is 1. The summed E-state index contributed by atoms with van der Waals surface area (Å²) in [4.78, 5) is 48.1. The van der Waals surface area contributed by atoms with Crippen LogP contribution in [0.3, 0.4) is 0 Å². The molecule has 3 heterocycles. The minimum Gasteiger partial charge on any atom is -0.353 e. The van der Waals surface area contributed by atoms with Crippen LogP contribution in [-0.2, 0) is 16.0 Å². The van der Waals surface area contributed by atoms with Crippen LogP contribution in [0.2, 0.25) is 0 Å². The molecule has 29 heavy (non-hydrogen) atoms. The molecular weight excluding hydrogens is 370 g/mol. The number of aromatic nitrogens is 2. The molecule has 158 valence electrons. The summed E-state index contributed by atoms with van der Waals surface area (Å²) in [5.41, 5.74) is 0.188. The minimum absolute atomic E-state index is 0.0139. The van der Waals surface area contributed by atoms with Gasteiger partial charge in [0.1, 0.15) is 5.82 Å². The lowest BCUT2D eigenvalue weighted by atomic mass is 9.93. The molecule has 1 unspecified atom stereocenters. The molecule has 4 rings (SSSR count). The second-order valence-electron chi connectivity index (χ2n) is 8.73. The van der Waals surface area contributed by atoms with E-state index in [4.69, 9.17) is 0 Å². The highest BCUT2D eigenvalue weighted by molar-refractivity contribution is 5.79. The number of rotatable bonds is 5. The van der Waals surface area contributed by atoms with Crippen molar-refractivity contribution < 1.29 is 9.59 Å². The lowest BCUT2D eigenvalue weighted by Gasteiger charge is -2.42. The second-order valence-corrected chi connectivity index (χ2v) is 8.73. The zero-order chi connectivity index (χ0) is 20.4. The summed E-state index contributed by atoms with van der Waals surface area (Å²) in [6.07, 6.45) is 7.73. The molecule has 0 spiro atoms. The van der Waals surface area contributed by atoms with Gasteiger partial charge in [0, 0.05) is 43.5 Å². The molecule has 2 aliphatic heterocycles. The molecule has 8 heteroatoms. The largest absolute Gasteiger partial charge is 0.353 e. The van der Waals surface area contributed by atoms with E-state index in [9.17, 15) is 14.4 Å². The maximum Gasteiger partial charge on any atom is 0.254 e. The van der Waals surface area contributed by atoms with Gasteiger partial charge in [0.15, 0.2) is 0 Å². The van der Waals surface area contributed by atoms with E-state index in [0.29, 0.717) is 36.6 Å². The average Bonchev–Trinajstić information content (AvgIpc) is 3.54. The Morgan fingerprint density at radius 2 is 1.93 bits per heavy atom. The Bertz CT molecular complexity index is 811. The molecule has 2 saturated heterocycles. The summed E-state index contributed by atoms with van der Waals surface area (Å²) in [5.74, 6) is 0.865. The van der Waals surface area contributed by atoms with Crippen LogP contribution in [0.25, 0.3) is 0 Å². The van der Waals surface area contributed by atoms with Gasteiger partial charge in [-0.25, -0.2) is 4.98 Å². The fourth-order valence-corrected chi connectivity index (χ4v) is 4.49. The van der Waals surface area contributed by atoms with Gasteiger partial charge >= 0.3 is 0 Å². The van der Waals surface area contributed by atoms with E-state index in [0.717, 1.165) is 51.6 Å². The first-order valence-electron chi connectivity index (χ1n) is 10.9.